The Labute approximate surface area is 123 Å². The smallest absolute Gasteiger partial charge is 0.328 e. The van der Waals surface area contributed by atoms with E-state index in [1.165, 1.54) is 12.0 Å². The molecule has 0 saturated carbocycles. The Kier molecular flexibility index (Phi) is 5.32. The molecule has 1 aromatic heterocycles. The van der Waals surface area contributed by atoms with Crippen molar-refractivity contribution in [1.82, 2.24) is 10.1 Å². The zero-order chi connectivity index (χ0) is 15.2. The van der Waals surface area contributed by atoms with Crippen LogP contribution in [0.5, 0.6) is 0 Å². The van der Waals surface area contributed by atoms with Gasteiger partial charge in [-0.25, -0.2) is 4.79 Å². The van der Waals surface area contributed by atoms with Gasteiger partial charge < -0.3 is 18.9 Å². The van der Waals surface area contributed by atoms with Crippen LogP contribution in [0.3, 0.4) is 0 Å². The van der Waals surface area contributed by atoms with Crippen LogP contribution in [0.1, 0.15) is 42.4 Å². The van der Waals surface area contributed by atoms with Gasteiger partial charge in [0.15, 0.2) is 11.5 Å². The number of aromatic nitrogens is 1. The van der Waals surface area contributed by atoms with Crippen LogP contribution >= 0.6 is 0 Å². The van der Waals surface area contributed by atoms with E-state index >= 15 is 0 Å². The van der Waals surface area contributed by atoms with Gasteiger partial charge in [-0.3, -0.25) is 4.79 Å². The van der Waals surface area contributed by atoms with E-state index in [9.17, 15) is 9.59 Å². The third-order valence-corrected chi connectivity index (χ3v) is 3.39. The van der Waals surface area contributed by atoms with Crippen LogP contribution in [0.2, 0.25) is 0 Å². The predicted octanol–water partition coefficient (Wildman–Crippen LogP) is 1.38. The van der Waals surface area contributed by atoms with E-state index < -0.39 is 6.04 Å². The Morgan fingerprint density at radius 1 is 1.48 bits per heavy atom. The fourth-order valence-electron chi connectivity index (χ4n) is 2.43. The van der Waals surface area contributed by atoms with Crippen molar-refractivity contribution < 1.29 is 23.6 Å². The summed E-state index contributed by atoms with van der Waals surface area (Å²) >= 11 is 0. The Hall–Kier alpha value is -1.89. The minimum Gasteiger partial charge on any atom is -0.464 e. The molecule has 21 heavy (non-hydrogen) atoms. The number of ether oxygens (including phenoxy) is 2. The summed E-state index contributed by atoms with van der Waals surface area (Å²) in [6.07, 6.45) is 2.39. The normalized spacial score (nSPS) is 18.6. The van der Waals surface area contributed by atoms with Crippen LogP contribution in [0.15, 0.2) is 10.6 Å². The Morgan fingerprint density at radius 2 is 2.29 bits per heavy atom. The number of methoxy groups -OCH3 is 1. The molecule has 7 heteroatoms. The molecule has 7 nitrogen and oxygen atoms in total. The minimum absolute atomic E-state index is 0.193. The number of piperidine rings is 1. The first-order chi connectivity index (χ1) is 10.2. The summed E-state index contributed by atoms with van der Waals surface area (Å²) in [4.78, 5) is 26.0. The lowest BCUT2D eigenvalue weighted by molar-refractivity contribution is -0.149. The topological polar surface area (TPSA) is 81.9 Å². The molecule has 0 spiro atoms. The van der Waals surface area contributed by atoms with Crippen LogP contribution in [-0.4, -0.2) is 48.2 Å². The standard InChI is InChI=1S/C14H20N2O5/c1-3-20-14(18)12-6-4-5-7-16(12)13(17)11-8-10(9-19-2)21-15-11/h8,12H,3-7,9H2,1-2H3. The molecule has 0 aromatic carbocycles. The number of amides is 1. The first-order valence-electron chi connectivity index (χ1n) is 7.09. The molecule has 0 radical (unpaired) electrons. The van der Waals surface area contributed by atoms with Crippen LogP contribution < -0.4 is 0 Å². The van der Waals surface area contributed by atoms with E-state index in [1.807, 2.05) is 0 Å². The van der Waals surface area contributed by atoms with Crippen molar-refractivity contribution in [3.8, 4) is 0 Å². The van der Waals surface area contributed by atoms with Gasteiger partial charge in [-0.05, 0) is 26.2 Å². The Morgan fingerprint density at radius 3 is 3.00 bits per heavy atom. The number of rotatable bonds is 5. The van der Waals surface area contributed by atoms with E-state index in [0.29, 0.717) is 25.3 Å². The highest BCUT2D eigenvalue weighted by Gasteiger charge is 2.34. The molecule has 1 saturated heterocycles. The van der Waals surface area contributed by atoms with E-state index in [2.05, 4.69) is 5.16 Å². The van der Waals surface area contributed by atoms with Crippen LogP contribution in [0, 0.1) is 0 Å². The van der Waals surface area contributed by atoms with E-state index in [1.54, 1.807) is 13.0 Å². The lowest BCUT2D eigenvalue weighted by Gasteiger charge is -2.33. The molecule has 2 heterocycles. The van der Waals surface area contributed by atoms with E-state index in [-0.39, 0.29) is 24.2 Å². The number of hydrogen-bond donors (Lipinski definition) is 0. The van der Waals surface area contributed by atoms with Crippen molar-refractivity contribution >= 4 is 11.9 Å². The number of carbonyl (C=O) groups excluding carboxylic acids is 2. The SMILES string of the molecule is CCOC(=O)C1CCCCN1C(=O)c1cc(COC)on1. The molecule has 1 fully saturated rings. The largest absolute Gasteiger partial charge is 0.464 e. The van der Waals surface area contributed by atoms with Gasteiger partial charge in [0.1, 0.15) is 12.6 Å². The summed E-state index contributed by atoms with van der Waals surface area (Å²) in [6, 6.07) is 1.01. The quantitative estimate of drug-likeness (QED) is 0.763. The molecular weight excluding hydrogens is 276 g/mol. The van der Waals surface area contributed by atoms with Crippen LogP contribution in [-0.2, 0) is 20.9 Å². The molecule has 0 aliphatic carbocycles. The molecule has 2 rings (SSSR count). The fourth-order valence-corrected chi connectivity index (χ4v) is 2.43. The van der Waals surface area contributed by atoms with Gasteiger partial charge in [0, 0.05) is 19.7 Å². The van der Waals surface area contributed by atoms with Gasteiger partial charge in [-0.2, -0.15) is 0 Å². The highest BCUT2D eigenvalue weighted by molar-refractivity contribution is 5.95. The number of esters is 1. The number of likely N-dealkylation sites (tertiary alicyclic amines) is 1. The molecule has 1 unspecified atom stereocenters. The van der Waals surface area contributed by atoms with Gasteiger partial charge in [0.25, 0.3) is 5.91 Å². The third-order valence-electron chi connectivity index (χ3n) is 3.39. The van der Waals surface area contributed by atoms with Gasteiger partial charge in [-0.15, -0.1) is 0 Å². The zero-order valence-electron chi connectivity index (χ0n) is 12.3. The molecule has 1 aliphatic heterocycles. The molecule has 1 amide bonds. The number of carbonyl (C=O) groups is 2. The zero-order valence-corrected chi connectivity index (χ0v) is 12.3. The van der Waals surface area contributed by atoms with Gasteiger partial charge in [0.05, 0.1) is 6.61 Å². The summed E-state index contributed by atoms with van der Waals surface area (Å²) in [5.41, 5.74) is 0.193. The van der Waals surface area contributed by atoms with Crippen molar-refractivity contribution in [3.05, 3.63) is 17.5 Å². The van der Waals surface area contributed by atoms with Crippen molar-refractivity contribution in [2.24, 2.45) is 0 Å². The van der Waals surface area contributed by atoms with Crippen molar-refractivity contribution in [1.29, 1.82) is 0 Å². The molecule has 0 N–H and O–H groups in total. The van der Waals surface area contributed by atoms with Gasteiger partial charge in [-0.1, -0.05) is 5.16 Å². The molecule has 1 aliphatic rings. The monoisotopic (exact) mass is 296 g/mol. The Bertz CT molecular complexity index is 499. The third kappa shape index (κ3) is 3.60. The first kappa shape index (κ1) is 15.5. The minimum atomic E-state index is -0.534. The summed E-state index contributed by atoms with van der Waals surface area (Å²) in [6.45, 7) is 2.83. The first-order valence-corrected chi connectivity index (χ1v) is 7.09. The van der Waals surface area contributed by atoms with E-state index in [0.717, 1.165) is 12.8 Å². The van der Waals surface area contributed by atoms with Crippen LogP contribution in [0.25, 0.3) is 0 Å². The summed E-state index contributed by atoms with van der Waals surface area (Å²) in [7, 11) is 1.53. The Balaban J connectivity index is 2.12. The highest BCUT2D eigenvalue weighted by Crippen LogP contribution is 2.21. The van der Waals surface area contributed by atoms with E-state index in [4.69, 9.17) is 14.0 Å². The fraction of sp³-hybridized carbons (Fsp3) is 0.643. The average molecular weight is 296 g/mol. The molecule has 0 bridgehead atoms. The second-order valence-corrected chi connectivity index (χ2v) is 4.87. The second-order valence-electron chi connectivity index (χ2n) is 4.87. The maximum atomic E-state index is 12.5. The summed E-state index contributed by atoms with van der Waals surface area (Å²) < 4.78 is 15.0. The van der Waals surface area contributed by atoms with Crippen molar-refractivity contribution in [3.63, 3.8) is 0 Å². The maximum Gasteiger partial charge on any atom is 0.328 e. The number of hydrogen-bond acceptors (Lipinski definition) is 6. The predicted molar refractivity (Wildman–Crippen MR) is 72.5 cm³/mol. The lowest BCUT2D eigenvalue weighted by atomic mass is 10.0. The van der Waals surface area contributed by atoms with Gasteiger partial charge in [0.2, 0.25) is 0 Å². The maximum absolute atomic E-state index is 12.5. The van der Waals surface area contributed by atoms with Crippen molar-refractivity contribution in [2.75, 3.05) is 20.3 Å². The molecule has 1 aromatic rings. The van der Waals surface area contributed by atoms with Crippen LogP contribution in [0.4, 0.5) is 0 Å². The number of nitrogens with zero attached hydrogens (tertiary/aromatic N) is 2. The molecular formula is C14H20N2O5. The average Bonchev–Trinajstić information content (AvgIpc) is 2.96. The molecule has 1 atom stereocenters. The summed E-state index contributed by atoms with van der Waals surface area (Å²) in [5.74, 6) is -0.185. The second kappa shape index (κ2) is 7.21. The van der Waals surface area contributed by atoms with Crippen molar-refractivity contribution in [2.45, 2.75) is 38.8 Å². The summed E-state index contributed by atoms with van der Waals surface area (Å²) in [5, 5.41) is 3.75. The van der Waals surface area contributed by atoms with Gasteiger partial charge >= 0.3 is 5.97 Å². The molecule has 116 valence electrons. The lowest BCUT2D eigenvalue weighted by Crippen LogP contribution is -2.48. The highest BCUT2D eigenvalue weighted by atomic mass is 16.5.